The Hall–Kier alpha value is -0.160. The molecule has 1 unspecified atom stereocenters. The fraction of sp³-hybridized carbons (Fsp3) is 1.00. The molecule has 0 aliphatic carbocycles. The number of hydrogen-bond acceptors (Lipinski definition) is 4. The van der Waals surface area contributed by atoms with Crippen LogP contribution in [0.25, 0.3) is 0 Å². The first-order valence-electron chi connectivity index (χ1n) is 5.54. The van der Waals surface area contributed by atoms with Crippen LogP contribution >= 0.6 is 0 Å². The average molecular weight is 199 g/mol. The summed E-state index contributed by atoms with van der Waals surface area (Å²) >= 11 is 0. The van der Waals surface area contributed by atoms with Gasteiger partial charge in [-0.1, -0.05) is 0 Å². The second-order valence-electron chi connectivity index (χ2n) is 4.65. The SMILES string of the molecule is C[C@@H]1CN(C2CCN(N)C2)C[C@H](C)O1. The molecule has 3 atom stereocenters. The first kappa shape index (κ1) is 10.4. The summed E-state index contributed by atoms with van der Waals surface area (Å²) in [6.45, 7) is 8.46. The van der Waals surface area contributed by atoms with E-state index in [-0.39, 0.29) is 0 Å². The predicted octanol–water partition coefficient (Wildman–Crippen LogP) is 0.0436. The van der Waals surface area contributed by atoms with Gasteiger partial charge in [0.25, 0.3) is 0 Å². The molecule has 2 heterocycles. The number of nitrogens with two attached hydrogens (primary N) is 1. The lowest BCUT2D eigenvalue weighted by molar-refractivity contribution is -0.0790. The zero-order chi connectivity index (χ0) is 10.1. The van der Waals surface area contributed by atoms with Gasteiger partial charge in [-0.3, -0.25) is 10.7 Å². The van der Waals surface area contributed by atoms with Crippen molar-refractivity contribution in [2.75, 3.05) is 26.2 Å². The lowest BCUT2D eigenvalue weighted by Crippen LogP contribution is -2.51. The topological polar surface area (TPSA) is 41.7 Å². The van der Waals surface area contributed by atoms with Crippen molar-refractivity contribution in [2.45, 2.75) is 38.5 Å². The van der Waals surface area contributed by atoms with Crippen molar-refractivity contribution in [3.8, 4) is 0 Å². The number of morpholine rings is 1. The highest BCUT2D eigenvalue weighted by atomic mass is 16.5. The standard InChI is InChI=1S/C10H21N3O/c1-8-5-12(6-9(2)14-8)10-3-4-13(11)7-10/h8-10H,3-7,11H2,1-2H3/t8-,9+,10?. The van der Waals surface area contributed by atoms with Gasteiger partial charge in [0.2, 0.25) is 0 Å². The van der Waals surface area contributed by atoms with Gasteiger partial charge in [-0.15, -0.1) is 0 Å². The maximum atomic E-state index is 5.78. The predicted molar refractivity (Wildman–Crippen MR) is 55.7 cm³/mol. The van der Waals surface area contributed by atoms with Gasteiger partial charge in [0, 0.05) is 32.2 Å². The van der Waals surface area contributed by atoms with E-state index < -0.39 is 0 Å². The summed E-state index contributed by atoms with van der Waals surface area (Å²) in [4.78, 5) is 2.53. The molecule has 4 heteroatoms. The molecule has 4 nitrogen and oxygen atoms in total. The Morgan fingerprint density at radius 3 is 2.29 bits per heavy atom. The molecule has 82 valence electrons. The van der Waals surface area contributed by atoms with Crippen molar-refractivity contribution < 1.29 is 4.74 Å². The second kappa shape index (κ2) is 4.14. The zero-order valence-corrected chi connectivity index (χ0v) is 9.15. The molecule has 0 amide bonds. The van der Waals surface area contributed by atoms with Gasteiger partial charge in [0.15, 0.2) is 0 Å². The van der Waals surface area contributed by atoms with Crippen LogP contribution in [0.15, 0.2) is 0 Å². The lowest BCUT2D eigenvalue weighted by atomic mass is 10.1. The Morgan fingerprint density at radius 2 is 1.79 bits per heavy atom. The van der Waals surface area contributed by atoms with Crippen LogP contribution in [-0.4, -0.2) is 54.3 Å². The number of ether oxygens (including phenoxy) is 1. The van der Waals surface area contributed by atoms with Crippen molar-refractivity contribution in [1.82, 2.24) is 9.91 Å². The minimum absolute atomic E-state index is 0.366. The average Bonchev–Trinajstić information content (AvgIpc) is 2.50. The van der Waals surface area contributed by atoms with Crippen LogP contribution in [0.2, 0.25) is 0 Å². The number of hydrogen-bond donors (Lipinski definition) is 1. The van der Waals surface area contributed by atoms with Crippen LogP contribution in [0, 0.1) is 0 Å². The van der Waals surface area contributed by atoms with Crippen molar-refractivity contribution >= 4 is 0 Å². The van der Waals surface area contributed by atoms with Crippen molar-refractivity contribution in [1.29, 1.82) is 0 Å². The summed E-state index contributed by atoms with van der Waals surface area (Å²) in [6.07, 6.45) is 1.94. The van der Waals surface area contributed by atoms with Gasteiger partial charge in [0.05, 0.1) is 12.2 Å². The van der Waals surface area contributed by atoms with E-state index >= 15 is 0 Å². The van der Waals surface area contributed by atoms with Crippen molar-refractivity contribution in [3.05, 3.63) is 0 Å². The first-order valence-corrected chi connectivity index (χ1v) is 5.54. The van der Waals surface area contributed by atoms with Gasteiger partial charge < -0.3 is 4.74 Å². The van der Waals surface area contributed by atoms with Gasteiger partial charge in [-0.2, -0.15) is 0 Å². The normalized spacial score (nSPS) is 41.8. The Morgan fingerprint density at radius 1 is 1.14 bits per heavy atom. The molecule has 0 radical (unpaired) electrons. The summed E-state index contributed by atoms with van der Waals surface area (Å²) < 4.78 is 5.72. The molecule has 2 aliphatic heterocycles. The molecule has 0 aromatic heterocycles. The van der Waals surface area contributed by atoms with Gasteiger partial charge in [0.1, 0.15) is 0 Å². The molecule has 0 aromatic carbocycles. The Labute approximate surface area is 86.0 Å². The first-order chi connectivity index (χ1) is 6.65. The Kier molecular flexibility index (Phi) is 3.07. The highest BCUT2D eigenvalue weighted by Crippen LogP contribution is 2.18. The quantitative estimate of drug-likeness (QED) is 0.606. The van der Waals surface area contributed by atoms with Crippen LogP contribution in [0.1, 0.15) is 20.3 Å². The summed E-state index contributed by atoms with van der Waals surface area (Å²) in [6, 6.07) is 0.647. The van der Waals surface area contributed by atoms with E-state index in [1.807, 2.05) is 5.01 Å². The molecule has 2 saturated heterocycles. The molecule has 14 heavy (non-hydrogen) atoms. The summed E-state index contributed by atoms with van der Waals surface area (Å²) in [5.74, 6) is 5.78. The molecular formula is C10H21N3O. The molecule has 0 aromatic rings. The van der Waals surface area contributed by atoms with Crippen LogP contribution in [0.4, 0.5) is 0 Å². The molecule has 2 N–H and O–H groups in total. The molecule has 0 saturated carbocycles. The monoisotopic (exact) mass is 199 g/mol. The largest absolute Gasteiger partial charge is 0.373 e. The Bertz CT molecular complexity index is 190. The third-order valence-electron chi connectivity index (χ3n) is 3.16. The van der Waals surface area contributed by atoms with Crippen LogP contribution in [0.5, 0.6) is 0 Å². The number of rotatable bonds is 1. The van der Waals surface area contributed by atoms with Gasteiger partial charge >= 0.3 is 0 Å². The highest BCUT2D eigenvalue weighted by molar-refractivity contribution is 4.85. The van der Waals surface area contributed by atoms with Crippen molar-refractivity contribution in [3.63, 3.8) is 0 Å². The Balaban J connectivity index is 1.90. The van der Waals surface area contributed by atoms with E-state index in [9.17, 15) is 0 Å². The summed E-state index contributed by atoms with van der Waals surface area (Å²) in [5, 5.41) is 1.93. The molecule has 2 aliphatic rings. The van der Waals surface area contributed by atoms with E-state index in [1.54, 1.807) is 0 Å². The number of nitrogens with zero attached hydrogens (tertiary/aromatic N) is 2. The van der Waals surface area contributed by atoms with Crippen molar-refractivity contribution in [2.24, 2.45) is 5.84 Å². The lowest BCUT2D eigenvalue weighted by Gasteiger charge is -2.38. The molecule has 2 rings (SSSR count). The second-order valence-corrected chi connectivity index (χ2v) is 4.65. The highest BCUT2D eigenvalue weighted by Gasteiger charge is 2.31. The molecular weight excluding hydrogens is 178 g/mol. The maximum absolute atomic E-state index is 5.78. The minimum atomic E-state index is 0.366. The third kappa shape index (κ3) is 2.25. The van der Waals surface area contributed by atoms with E-state index in [4.69, 9.17) is 10.6 Å². The van der Waals surface area contributed by atoms with Gasteiger partial charge in [-0.25, -0.2) is 5.01 Å². The molecule has 2 fully saturated rings. The van der Waals surface area contributed by atoms with Gasteiger partial charge in [-0.05, 0) is 20.3 Å². The maximum Gasteiger partial charge on any atom is 0.0678 e. The van der Waals surface area contributed by atoms with E-state index in [0.717, 1.165) is 26.2 Å². The zero-order valence-electron chi connectivity index (χ0n) is 9.15. The van der Waals surface area contributed by atoms with E-state index in [0.29, 0.717) is 18.2 Å². The number of hydrazine groups is 1. The van der Waals surface area contributed by atoms with E-state index in [2.05, 4.69) is 18.7 Å². The minimum Gasteiger partial charge on any atom is -0.373 e. The van der Waals surface area contributed by atoms with E-state index in [1.165, 1.54) is 6.42 Å². The summed E-state index contributed by atoms with van der Waals surface area (Å²) in [7, 11) is 0. The van der Waals surface area contributed by atoms with Crippen LogP contribution in [0.3, 0.4) is 0 Å². The molecule has 0 bridgehead atoms. The fourth-order valence-electron chi connectivity index (χ4n) is 2.58. The smallest absolute Gasteiger partial charge is 0.0678 e. The third-order valence-corrected chi connectivity index (χ3v) is 3.16. The fourth-order valence-corrected chi connectivity index (χ4v) is 2.58. The summed E-state index contributed by atoms with van der Waals surface area (Å²) in [5.41, 5.74) is 0. The van der Waals surface area contributed by atoms with Crippen LogP contribution < -0.4 is 5.84 Å². The molecule has 0 spiro atoms. The van der Waals surface area contributed by atoms with Crippen LogP contribution in [-0.2, 0) is 4.74 Å².